The van der Waals surface area contributed by atoms with Gasteiger partial charge in [-0.2, -0.15) is 0 Å². The number of aromatic nitrogens is 2. The maximum Gasteiger partial charge on any atom is 0.236 e. The number of alkyl halides is 1. The van der Waals surface area contributed by atoms with Crippen molar-refractivity contribution in [2.24, 2.45) is 5.92 Å². The van der Waals surface area contributed by atoms with Gasteiger partial charge in [0.2, 0.25) is 5.91 Å². The molecule has 3 heterocycles. The standard InChI is InChI=1S/C15H16Br2IN3O/c1-2-3-9-6-20(15(22)13(9)18)8-11-5-19-14-12(17)4-10(16)7-21(11)14/h4-5,7,9,13H,2-3,6,8H2,1H3. The van der Waals surface area contributed by atoms with Gasteiger partial charge in [0.1, 0.15) is 0 Å². The molecule has 0 radical (unpaired) electrons. The fourth-order valence-corrected chi connectivity index (χ4v) is 5.23. The summed E-state index contributed by atoms with van der Waals surface area (Å²) in [5, 5.41) is 0. The molecule has 1 amide bonds. The molecule has 2 aromatic rings. The van der Waals surface area contributed by atoms with Crippen LogP contribution in [-0.4, -0.2) is 30.7 Å². The zero-order chi connectivity index (χ0) is 15.9. The van der Waals surface area contributed by atoms with E-state index in [-0.39, 0.29) is 9.83 Å². The molecule has 2 atom stereocenters. The van der Waals surface area contributed by atoms with Crippen LogP contribution in [0.5, 0.6) is 0 Å². The Kier molecular flexibility index (Phi) is 5.13. The van der Waals surface area contributed by atoms with Gasteiger partial charge in [0.05, 0.1) is 26.8 Å². The van der Waals surface area contributed by atoms with E-state index in [1.807, 2.05) is 27.8 Å². The van der Waals surface area contributed by atoms with Gasteiger partial charge >= 0.3 is 0 Å². The lowest BCUT2D eigenvalue weighted by Gasteiger charge is -2.16. The molecular weight excluding hydrogens is 525 g/mol. The zero-order valence-electron chi connectivity index (χ0n) is 12.1. The zero-order valence-corrected chi connectivity index (χ0v) is 17.4. The molecule has 1 saturated heterocycles. The number of carbonyl (C=O) groups is 1. The number of nitrogens with zero attached hydrogens (tertiary/aromatic N) is 3. The molecule has 0 N–H and O–H groups in total. The molecule has 4 nitrogen and oxygen atoms in total. The van der Waals surface area contributed by atoms with Crippen molar-refractivity contribution in [1.29, 1.82) is 0 Å². The predicted molar refractivity (Wildman–Crippen MR) is 102 cm³/mol. The first-order chi connectivity index (χ1) is 10.5. The van der Waals surface area contributed by atoms with Gasteiger partial charge in [-0.1, -0.05) is 35.9 Å². The second kappa shape index (κ2) is 6.76. The van der Waals surface area contributed by atoms with Gasteiger partial charge in [-0.05, 0) is 50.3 Å². The van der Waals surface area contributed by atoms with E-state index in [1.54, 1.807) is 0 Å². The Hall–Kier alpha value is -0.150. The highest BCUT2D eigenvalue weighted by Crippen LogP contribution is 2.31. The maximum absolute atomic E-state index is 12.5. The number of likely N-dealkylation sites (tertiary alicyclic amines) is 1. The third-order valence-electron chi connectivity index (χ3n) is 4.03. The molecule has 3 rings (SSSR count). The molecule has 1 fully saturated rings. The average molecular weight is 541 g/mol. The third-order valence-corrected chi connectivity index (χ3v) is 6.60. The van der Waals surface area contributed by atoms with Crippen LogP contribution >= 0.6 is 54.5 Å². The molecule has 0 aliphatic carbocycles. The monoisotopic (exact) mass is 539 g/mol. The van der Waals surface area contributed by atoms with E-state index in [2.05, 4.69) is 66.4 Å². The number of carbonyl (C=O) groups excluding carboxylic acids is 1. The SMILES string of the molecule is CCCC1CN(Cc2cnc3c(Br)cc(Br)cn23)C(=O)C1I. The normalized spacial score (nSPS) is 22.0. The molecule has 118 valence electrons. The predicted octanol–water partition coefficient (Wildman–Crippen LogP) is 4.42. The van der Waals surface area contributed by atoms with E-state index in [4.69, 9.17) is 0 Å². The molecular formula is C15H16Br2IN3O. The van der Waals surface area contributed by atoms with Gasteiger partial charge in [-0.25, -0.2) is 4.98 Å². The van der Waals surface area contributed by atoms with Crippen molar-refractivity contribution in [3.63, 3.8) is 0 Å². The molecule has 0 spiro atoms. The van der Waals surface area contributed by atoms with Crippen LogP contribution in [0.2, 0.25) is 0 Å². The van der Waals surface area contributed by atoms with Crippen molar-refractivity contribution in [2.45, 2.75) is 30.2 Å². The van der Waals surface area contributed by atoms with Crippen LogP contribution < -0.4 is 0 Å². The Bertz CT molecular complexity index is 718. The van der Waals surface area contributed by atoms with Crippen LogP contribution in [0.1, 0.15) is 25.5 Å². The summed E-state index contributed by atoms with van der Waals surface area (Å²) in [6.45, 7) is 3.64. The molecule has 7 heteroatoms. The van der Waals surface area contributed by atoms with Crippen molar-refractivity contribution in [3.05, 3.63) is 33.1 Å². The summed E-state index contributed by atoms with van der Waals surface area (Å²) in [5.41, 5.74) is 1.91. The minimum Gasteiger partial charge on any atom is -0.336 e. The lowest BCUT2D eigenvalue weighted by Crippen LogP contribution is -2.27. The first kappa shape index (κ1) is 16.7. The average Bonchev–Trinajstić information content (AvgIpc) is 2.98. The summed E-state index contributed by atoms with van der Waals surface area (Å²) in [7, 11) is 0. The van der Waals surface area contributed by atoms with Gasteiger partial charge in [0.25, 0.3) is 0 Å². The van der Waals surface area contributed by atoms with Gasteiger partial charge in [-0.3, -0.25) is 4.79 Å². The Balaban J connectivity index is 1.86. The summed E-state index contributed by atoms with van der Waals surface area (Å²) in [5.74, 6) is 0.721. The Labute approximate surface area is 160 Å². The van der Waals surface area contributed by atoms with Crippen molar-refractivity contribution < 1.29 is 4.79 Å². The molecule has 0 aromatic carbocycles. The fourth-order valence-electron chi connectivity index (χ4n) is 2.97. The lowest BCUT2D eigenvalue weighted by molar-refractivity contribution is -0.127. The molecule has 1 aliphatic heterocycles. The summed E-state index contributed by atoms with van der Waals surface area (Å²) in [6, 6.07) is 1.98. The maximum atomic E-state index is 12.5. The molecule has 2 aromatic heterocycles. The number of rotatable bonds is 4. The number of hydrogen-bond acceptors (Lipinski definition) is 2. The van der Waals surface area contributed by atoms with Crippen LogP contribution in [0.15, 0.2) is 27.4 Å². The van der Waals surface area contributed by atoms with Gasteiger partial charge in [-0.15, -0.1) is 0 Å². The number of halogens is 3. The Morgan fingerprint density at radius 1 is 1.45 bits per heavy atom. The smallest absolute Gasteiger partial charge is 0.236 e. The van der Waals surface area contributed by atoms with Gasteiger partial charge < -0.3 is 9.30 Å². The molecule has 0 bridgehead atoms. The summed E-state index contributed by atoms with van der Waals surface area (Å²) < 4.78 is 4.07. The van der Waals surface area contributed by atoms with Crippen molar-refractivity contribution >= 4 is 66.0 Å². The lowest BCUT2D eigenvalue weighted by atomic mass is 10.0. The van der Waals surface area contributed by atoms with Gasteiger partial charge in [0, 0.05) is 17.2 Å². The fraction of sp³-hybridized carbons (Fsp3) is 0.467. The number of hydrogen-bond donors (Lipinski definition) is 0. The number of amides is 1. The highest BCUT2D eigenvalue weighted by atomic mass is 127. The highest BCUT2D eigenvalue weighted by molar-refractivity contribution is 14.1. The second-order valence-corrected chi connectivity index (χ2v) is 8.73. The van der Waals surface area contributed by atoms with Crippen LogP contribution in [0, 0.1) is 5.92 Å². The van der Waals surface area contributed by atoms with E-state index in [0.29, 0.717) is 12.5 Å². The van der Waals surface area contributed by atoms with Gasteiger partial charge in [0.15, 0.2) is 5.65 Å². The summed E-state index contributed by atoms with van der Waals surface area (Å²) >= 11 is 9.34. The van der Waals surface area contributed by atoms with Crippen LogP contribution in [0.3, 0.4) is 0 Å². The van der Waals surface area contributed by atoms with Crippen LogP contribution in [0.4, 0.5) is 0 Å². The minimum absolute atomic E-state index is 0.107. The molecule has 0 saturated carbocycles. The summed E-state index contributed by atoms with van der Waals surface area (Å²) in [6.07, 6.45) is 6.09. The first-order valence-electron chi connectivity index (χ1n) is 7.25. The van der Waals surface area contributed by atoms with E-state index in [1.165, 1.54) is 0 Å². The van der Waals surface area contributed by atoms with E-state index < -0.39 is 0 Å². The highest BCUT2D eigenvalue weighted by Gasteiger charge is 2.38. The van der Waals surface area contributed by atoms with E-state index in [0.717, 1.165) is 39.7 Å². The number of fused-ring (bicyclic) bond motifs is 1. The minimum atomic E-state index is 0.107. The van der Waals surface area contributed by atoms with E-state index in [9.17, 15) is 4.79 Å². The van der Waals surface area contributed by atoms with Crippen molar-refractivity contribution in [3.8, 4) is 0 Å². The quantitative estimate of drug-likeness (QED) is 0.425. The van der Waals surface area contributed by atoms with Crippen LogP contribution in [-0.2, 0) is 11.3 Å². The first-order valence-corrected chi connectivity index (χ1v) is 10.1. The third kappa shape index (κ3) is 3.08. The molecule has 1 aliphatic rings. The molecule has 2 unspecified atom stereocenters. The topological polar surface area (TPSA) is 37.6 Å². The summed E-state index contributed by atoms with van der Waals surface area (Å²) in [4.78, 5) is 18.9. The largest absolute Gasteiger partial charge is 0.336 e. The van der Waals surface area contributed by atoms with Crippen LogP contribution in [0.25, 0.3) is 5.65 Å². The van der Waals surface area contributed by atoms with E-state index >= 15 is 0 Å². The Morgan fingerprint density at radius 3 is 2.95 bits per heavy atom. The molecule has 22 heavy (non-hydrogen) atoms. The van der Waals surface area contributed by atoms with Crippen molar-refractivity contribution in [2.75, 3.05) is 6.54 Å². The second-order valence-electron chi connectivity index (χ2n) is 5.62. The van der Waals surface area contributed by atoms with Crippen molar-refractivity contribution in [1.82, 2.24) is 14.3 Å². The Morgan fingerprint density at radius 2 is 2.23 bits per heavy atom. The number of pyridine rings is 1. The number of imidazole rings is 1.